The second-order valence-electron chi connectivity index (χ2n) is 7.04. The van der Waals surface area contributed by atoms with Crippen LogP contribution in [-0.4, -0.2) is 23.1 Å². The summed E-state index contributed by atoms with van der Waals surface area (Å²) in [5.74, 6) is -0.650. The van der Waals surface area contributed by atoms with Gasteiger partial charge in [-0.25, -0.2) is 4.79 Å². The van der Waals surface area contributed by atoms with Gasteiger partial charge in [0, 0.05) is 23.8 Å². The smallest absolute Gasteiger partial charge is 0.355 e. The van der Waals surface area contributed by atoms with Crippen molar-refractivity contribution < 1.29 is 14.3 Å². The maximum atomic E-state index is 13.0. The Kier molecular flexibility index (Phi) is 6.95. The van der Waals surface area contributed by atoms with E-state index in [0.717, 1.165) is 16.8 Å². The average Bonchev–Trinajstić information content (AvgIpc) is 2.98. The molecule has 0 fully saturated rings. The lowest BCUT2D eigenvalue weighted by Gasteiger charge is -2.12. The Balaban J connectivity index is 1.93. The second-order valence-corrected chi connectivity index (χ2v) is 7.47. The van der Waals surface area contributed by atoms with Gasteiger partial charge in [-0.2, -0.15) is 0 Å². The van der Waals surface area contributed by atoms with E-state index < -0.39 is 5.97 Å². The van der Waals surface area contributed by atoms with Crippen molar-refractivity contribution in [3.63, 3.8) is 0 Å². The summed E-state index contributed by atoms with van der Waals surface area (Å²) in [5, 5.41) is 3.59. The van der Waals surface area contributed by atoms with E-state index in [1.807, 2.05) is 54.0 Å². The second kappa shape index (κ2) is 9.63. The van der Waals surface area contributed by atoms with Crippen molar-refractivity contribution in [3.8, 4) is 0 Å². The fourth-order valence-electron chi connectivity index (χ4n) is 3.53. The van der Waals surface area contributed by atoms with E-state index in [2.05, 4.69) is 5.32 Å². The molecule has 1 N–H and O–H groups in total. The summed E-state index contributed by atoms with van der Waals surface area (Å²) in [6, 6.07) is 17.1. The average molecular weight is 425 g/mol. The van der Waals surface area contributed by atoms with Gasteiger partial charge in [0.15, 0.2) is 0 Å². The Morgan fingerprint density at radius 3 is 2.30 bits per heavy atom. The highest BCUT2D eigenvalue weighted by atomic mass is 35.5. The van der Waals surface area contributed by atoms with Crippen LogP contribution in [0, 0.1) is 13.8 Å². The molecule has 0 aliphatic rings. The molecule has 0 saturated heterocycles. The third-order valence-corrected chi connectivity index (χ3v) is 5.26. The standard InChI is InChI=1S/C24H25ClN2O3/c1-4-30-24(29)22-16(2)21(17(3)27(22)15-19-8-6-5-7-9-19)23(28)26-14-18-10-12-20(25)13-11-18/h5-13H,4,14-15H2,1-3H3,(H,26,28). The molecular formula is C24H25ClN2O3. The van der Waals surface area contributed by atoms with Crippen molar-refractivity contribution in [1.29, 1.82) is 0 Å². The lowest BCUT2D eigenvalue weighted by Crippen LogP contribution is -2.24. The molecule has 1 aromatic heterocycles. The van der Waals surface area contributed by atoms with Crippen molar-refractivity contribution in [2.24, 2.45) is 0 Å². The van der Waals surface area contributed by atoms with Crippen LogP contribution in [0.15, 0.2) is 54.6 Å². The van der Waals surface area contributed by atoms with E-state index in [0.29, 0.717) is 34.9 Å². The van der Waals surface area contributed by atoms with Crippen LogP contribution in [0.4, 0.5) is 0 Å². The lowest BCUT2D eigenvalue weighted by molar-refractivity contribution is 0.0513. The normalized spacial score (nSPS) is 10.7. The maximum absolute atomic E-state index is 13.0. The number of halogens is 1. The molecule has 3 aromatic rings. The molecule has 0 radical (unpaired) electrons. The zero-order valence-corrected chi connectivity index (χ0v) is 18.1. The van der Waals surface area contributed by atoms with Gasteiger partial charge in [0.25, 0.3) is 5.91 Å². The van der Waals surface area contributed by atoms with Gasteiger partial charge in [0.05, 0.1) is 12.2 Å². The van der Waals surface area contributed by atoms with Crippen LogP contribution in [0.3, 0.4) is 0 Å². The Bertz CT molecular complexity index is 1040. The number of hydrogen-bond acceptors (Lipinski definition) is 3. The third kappa shape index (κ3) is 4.74. The summed E-state index contributed by atoms with van der Waals surface area (Å²) in [7, 11) is 0. The van der Waals surface area contributed by atoms with Crippen LogP contribution in [0.1, 0.15) is 50.2 Å². The van der Waals surface area contributed by atoms with Gasteiger partial charge < -0.3 is 14.6 Å². The quantitative estimate of drug-likeness (QED) is 0.548. The number of amides is 1. The first-order valence-electron chi connectivity index (χ1n) is 9.85. The van der Waals surface area contributed by atoms with Gasteiger partial charge in [-0.15, -0.1) is 0 Å². The number of hydrogen-bond donors (Lipinski definition) is 1. The van der Waals surface area contributed by atoms with Crippen molar-refractivity contribution in [1.82, 2.24) is 9.88 Å². The highest BCUT2D eigenvalue weighted by Gasteiger charge is 2.27. The van der Waals surface area contributed by atoms with Gasteiger partial charge in [0.1, 0.15) is 5.69 Å². The molecule has 0 aliphatic carbocycles. The lowest BCUT2D eigenvalue weighted by atomic mass is 10.1. The zero-order valence-electron chi connectivity index (χ0n) is 17.4. The molecule has 0 saturated carbocycles. The van der Waals surface area contributed by atoms with Crippen molar-refractivity contribution in [2.45, 2.75) is 33.9 Å². The Hall–Kier alpha value is -3.05. The van der Waals surface area contributed by atoms with Gasteiger partial charge in [-0.1, -0.05) is 54.1 Å². The van der Waals surface area contributed by atoms with Crippen LogP contribution >= 0.6 is 11.6 Å². The number of esters is 1. The minimum atomic E-state index is -0.425. The molecule has 0 bridgehead atoms. The number of nitrogens with one attached hydrogen (secondary N) is 1. The summed E-state index contributed by atoms with van der Waals surface area (Å²) in [6.07, 6.45) is 0. The minimum Gasteiger partial charge on any atom is -0.461 e. The largest absolute Gasteiger partial charge is 0.461 e. The van der Waals surface area contributed by atoms with E-state index in [1.165, 1.54) is 0 Å². The number of rotatable bonds is 7. The number of carbonyl (C=O) groups excluding carboxylic acids is 2. The number of aromatic nitrogens is 1. The molecule has 0 atom stereocenters. The van der Waals surface area contributed by atoms with Gasteiger partial charge in [0.2, 0.25) is 0 Å². The van der Waals surface area contributed by atoms with Crippen molar-refractivity contribution in [3.05, 3.63) is 93.3 Å². The minimum absolute atomic E-state index is 0.225. The Morgan fingerprint density at radius 2 is 1.67 bits per heavy atom. The predicted molar refractivity (Wildman–Crippen MR) is 118 cm³/mol. The maximum Gasteiger partial charge on any atom is 0.355 e. The molecule has 156 valence electrons. The summed E-state index contributed by atoms with van der Waals surface area (Å²) >= 11 is 5.92. The van der Waals surface area contributed by atoms with Crippen molar-refractivity contribution in [2.75, 3.05) is 6.61 Å². The first kappa shape index (κ1) is 21.7. The molecule has 1 heterocycles. The molecular weight excluding hydrogens is 400 g/mol. The SMILES string of the molecule is CCOC(=O)c1c(C)c(C(=O)NCc2ccc(Cl)cc2)c(C)n1Cc1ccccc1. The van der Waals surface area contributed by atoms with Crippen LogP contribution in [0.2, 0.25) is 5.02 Å². The molecule has 5 nitrogen and oxygen atoms in total. The zero-order chi connectivity index (χ0) is 21.7. The third-order valence-electron chi connectivity index (χ3n) is 5.01. The summed E-state index contributed by atoms with van der Waals surface area (Å²) in [6.45, 7) is 6.53. The first-order valence-corrected chi connectivity index (χ1v) is 10.2. The first-order chi connectivity index (χ1) is 14.4. The molecule has 0 unspecified atom stereocenters. The van der Waals surface area contributed by atoms with Crippen LogP contribution in [-0.2, 0) is 17.8 Å². The van der Waals surface area contributed by atoms with E-state index in [1.54, 1.807) is 26.0 Å². The molecule has 1 amide bonds. The van der Waals surface area contributed by atoms with E-state index >= 15 is 0 Å². The van der Waals surface area contributed by atoms with Crippen LogP contribution in [0.25, 0.3) is 0 Å². The molecule has 30 heavy (non-hydrogen) atoms. The highest BCUT2D eigenvalue weighted by molar-refractivity contribution is 6.30. The van der Waals surface area contributed by atoms with Gasteiger partial charge in [-0.05, 0) is 49.6 Å². The van der Waals surface area contributed by atoms with E-state index in [4.69, 9.17) is 16.3 Å². The predicted octanol–water partition coefficient (Wildman–Crippen LogP) is 4.91. The fourth-order valence-corrected chi connectivity index (χ4v) is 3.65. The molecule has 0 spiro atoms. The monoisotopic (exact) mass is 424 g/mol. The number of ether oxygens (including phenoxy) is 1. The van der Waals surface area contributed by atoms with Crippen LogP contribution in [0.5, 0.6) is 0 Å². The fraction of sp³-hybridized carbons (Fsp3) is 0.250. The molecule has 2 aromatic carbocycles. The summed E-state index contributed by atoms with van der Waals surface area (Å²) < 4.78 is 7.13. The molecule has 0 aliphatic heterocycles. The number of nitrogens with zero attached hydrogens (tertiary/aromatic N) is 1. The van der Waals surface area contributed by atoms with Gasteiger partial charge >= 0.3 is 5.97 Å². The van der Waals surface area contributed by atoms with Crippen molar-refractivity contribution >= 4 is 23.5 Å². The Labute approximate surface area is 181 Å². The highest BCUT2D eigenvalue weighted by Crippen LogP contribution is 2.25. The number of carbonyl (C=O) groups is 2. The molecule has 6 heteroatoms. The van der Waals surface area contributed by atoms with E-state index in [9.17, 15) is 9.59 Å². The van der Waals surface area contributed by atoms with E-state index in [-0.39, 0.29) is 12.5 Å². The van der Waals surface area contributed by atoms with Crippen LogP contribution < -0.4 is 5.32 Å². The molecule has 3 rings (SSSR count). The number of benzene rings is 2. The summed E-state index contributed by atoms with van der Waals surface area (Å²) in [5.41, 5.74) is 4.24. The Morgan fingerprint density at radius 1 is 1.00 bits per heavy atom. The topological polar surface area (TPSA) is 60.3 Å². The summed E-state index contributed by atoms with van der Waals surface area (Å²) in [4.78, 5) is 25.7. The van der Waals surface area contributed by atoms with Gasteiger partial charge in [-0.3, -0.25) is 4.79 Å².